The second-order valence-corrected chi connectivity index (χ2v) is 25.1. The highest BCUT2D eigenvalue weighted by Gasteiger charge is 2.33. The van der Waals surface area contributed by atoms with Crippen molar-refractivity contribution in [1.29, 1.82) is 0 Å². The van der Waals surface area contributed by atoms with E-state index < -0.39 is 235 Å². The third-order valence-electron chi connectivity index (χ3n) is 14.6. The molecule has 0 amide bonds. The minimum Gasteiger partial charge on any atom is -0.233 e. The van der Waals surface area contributed by atoms with Crippen molar-refractivity contribution in [2.24, 2.45) is 0 Å². The molecule has 0 aliphatic rings. The molecule has 120 heavy (non-hydrogen) atoms. The molecule has 636 valence electrons. The highest BCUT2D eigenvalue weighted by molar-refractivity contribution is 6.44. The molecule has 0 aromatic heterocycles. The normalized spacial score (nSPS) is 10.1. The van der Waals surface area contributed by atoms with E-state index in [4.69, 9.17) is 121 Å². The first-order valence-corrected chi connectivity index (χ1v) is 33.3. The zero-order valence-corrected chi connectivity index (χ0v) is 66.2. The third-order valence-corrected chi connectivity index (χ3v) is 17.7. The maximum atomic E-state index is 13.1. The van der Waals surface area contributed by atoms with Crippen LogP contribution in [-0.2, 0) is 6.18 Å². The van der Waals surface area contributed by atoms with E-state index in [1.807, 2.05) is 0 Å². The van der Waals surface area contributed by atoms with Crippen LogP contribution in [-0.4, -0.2) is 0 Å². The molecule has 0 bridgehead atoms. The van der Waals surface area contributed by atoms with Crippen LogP contribution in [0, 0.1) is 266 Å². The first-order valence-electron chi connectivity index (χ1n) is 30.6. The fourth-order valence-corrected chi connectivity index (χ4v) is 9.18. The summed E-state index contributed by atoms with van der Waals surface area (Å²) in [4.78, 5) is 15.4. The average molecular weight is 1870 g/mol. The van der Waals surface area contributed by atoms with Gasteiger partial charge in [-0.05, 0) is 116 Å². The van der Waals surface area contributed by atoms with Crippen LogP contribution in [0.3, 0.4) is 0 Å². The van der Waals surface area contributed by atoms with Crippen LogP contribution < -0.4 is 0 Å². The predicted molar refractivity (Wildman–Crippen MR) is 388 cm³/mol. The van der Waals surface area contributed by atoms with Crippen LogP contribution in [0.4, 0.5) is 166 Å². The molecule has 6 nitrogen and oxygen atoms in total. The highest BCUT2D eigenvalue weighted by atomic mass is 35.5. The van der Waals surface area contributed by atoms with Gasteiger partial charge in [0.25, 0.3) is 22.7 Å². The molecule has 10 aromatic rings. The molecule has 10 rings (SSSR count). The van der Waals surface area contributed by atoms with Gasteiger partial charge in [0.1, 0.15) is 34.9 Å². The number of nitrogens with zero attached hydrogens (tertiary/aromatic N) is 6. The van der Waals surface area contributed by atoms with E-state index in [-0.39, 0.29) is 47.9 Å². The van der Waals surface area contributed by atoms with Gasteiger partial charge in [-0.15, -0.1) is 0 Å². The van der Waals surface area contributed by atoms with Crippen LogP contribution in [0.5, 0.6) is 0 Å². The number of halogens is 37. The molecule has 10 aromatic carbocycles. The van der Waals surface area contributed by atoms with Crippen molar-refractivity contribution in [3.05, 3.63) is 377 Å². The Hall–Kier alpha value is -10.9. The minimum atomic E-state index is -4.47. The average Bonchev–Trinajstić information content (AvgIpc) is 0.831. The van der Waals surface area contributed by atoms with Gasteiger partial charge >= 0.3 is 6.18 Å². The summed E-state index contributed by atoms with van der Waals surface area (Å²) in [6.45, 7) is 50.8. The lowest BCUT2D eigenvalue weighted by Crippen LogP contribution is -2.07. The van der Waals surface area contributed by atoms with Crippen molar-refractivity contribution in [3.63, 3.8) is 0 Å². The molecule has 0 fully saturated rings. The Kier molecular flexibility index (Phi) is 41.6. The van der Waals surface area contributed by atoms with E-state index in [9.17, 15) is 132 Å². The SMILES string of the molecule is Cc1c(F)c(F)c(F)c(F)c1F.Cc1ccc(F)cc1C(F)(F)F.Cc1ccc(F)cc1F.Cc1ccc(F)cc1F.[C-]#[N+]c1c(F)c(Cl)c(C)c(Cl)c1F.[C-]#[N+]c1c(F)c(Cl)c(C)c(F)c1Cl.[C-]#[N+]c1c(F)c(F)c(C)c(Cl)c1Cl.[C-]#[N+]c1c(F)c(F)c(C)c(Cl)c1F.[C-]#[N+]c1c(F)c(F)c(C)c(F)c1F.[C-]#[N+]c1c(F)c(F)c(C)c(F)c1F. The Bertz CT molecular complexity index is 4900. The summed E-state index contributed by atoms with van der Waals surface area (Å²) in [6, 6.07) is 9.63. The lowest BCUT2D eigenvalue weighted by Gasteiger charge is -2.09. The molecule has 43 heteroatoms. The van der Waals surface area contributed by atoms with Gasteiger partial charge in [-0.25, -0.2) is 148 Å². The van der Waals surface area contributed by atoms with E-state index in [0.29, 0.717) is 17.2 Å². The summed E-state index contributed by atoms with van der Waals surface area (Å²) in [5.74, 6) is -35.4. The molecular formula is C77H39Cl7F30N6. The van der Waals surface area contributed by atoms with Crippen LogP contribution in [0.1, 0.15) is 61.2 Å². The van der Waals surface area contributed by atoms with Crippen LogP contribution in [0.15, 0.2) is 54.6 Å². The Morgan fingerprint density at radius 1 is 0.208 bits per heavy atom. The fraction of sp³-hybridized carbons (Fsp3) is 0.143. The molecule has 0 saturated heterocycles. The first-order chi connectivity index (χ1) is 55.3. The number of hydrogen-bond acceptors (Lipinski definition) is 0. The Morgan fingerprint density at radius 2 is 0.417 bits per heavy atom. The largest absolute Gasteiger partial charge is 0.416 e. The number of rotatable bonds is 0. The zero-order chi connectivity index (χ0) is 93.6. The van der Waals surface area contributed by atoms with E-state index >= 15 is 0 Å². The van der Waals surface area contributed by atoms with E-state index in [0.717, 1.165) is 52.0 Å². The first kappa shape index (κ1) is 107. The zero-order valence-electron chi connectivity index (χ0n) is 60.9. The van der Waals surface area contributed by atoms with Crippen molar-refractivity contribution in [3.8, 4) is 0 Å². The lowest BCUT2D eigenvalue weighted by atomic mass is 10.1. The van der Waals surface area contributed by atoms with Gasteiger partial charge < -0.3 is 0 Å². The van der Waals surface area contributed by atoms with Crippen molar-refractivity contribution < 1.29 is 132 Å². The van der Waals surface area contributed by atoms with E-state index in [1.165, 1.54) is 52.0 Å². The van der Waals surface area contributed by atoms with Gasteiger partial charge in [0.2, 0.25) is 17.2 Å². The van der Waals surface area contributed by atoms with Crippen LogP contribution in [0.2, 0.25) is 35.2 Å². The molecule has 0 saturated carbocycles. The summed E-state index contributed by atoms with van der Waals surface area (Å²) in [5, 5.41) is -2.44. The van der Waals surface area contributed by atoms with Gasteiger partial charge in [0.05, 0.1) is 80.2 Å². The Morgan fingerprint density at radius 3 is 0.692 bits per heavy atom. The molecule has 0 spiro atoms. The Labute approximate surface area is 695 Å². The molecule has 0 aliphatic heterocycles. The molecule has 0 N–H and O–H groups in total. The van der Waals surface area contributed by atoms with Gasteiger partial charge in [-0.2, -0.15) is 13.2 Å². The van der Waals surface area contributed by atoms with Crippen LogP contribution in [0.25, 0.3) is 29.1 Å². The molecule has 0 unspecified atom stereocenters. The third kappa shape index (κ3) is 26.3. The minimum absolute atomic E-state index is 0.0314. The molecule has 0 aliphatic carbocycles. The summed E-state index contributed by atoms with van der Waals surface area (Å²) in [7, 11) is 0. The molecular weight excluding hydrogens is 1830 g/mol. The predicted octanol–water partition coefficient (Wildman–Crippen LogP) is 32.6. The second-order valence-electron chi connectivity index (χ2n) is 22.5. The van der Waals surface area contributed by atoms with E-state index in [2.05, 4.69) is 29.1 Å². The van der Waals surface area contributed by atoms with Crippen molar-refractivity contribution >= 4 is 115 Å². The lowest BCUT2D eigenvalue weighted by molar-refractivity contribution is -0.138. The quantitative estimate of drug-likeness (QED) is 0.0626. The maximum absolute atomic E-state index is 13.1. The van der Waals surface area contributed by atoms with Gasteiger partial charge in [-0.1, -0.05) is 99.4 Å². The molecule has 0 radical (unpaired) electrons. The van der Waals surface area contributed by atoms with Crippen molar-refractivity contribution in [1.82, 2.24) is 0 Å². The smallest absolute Gasteiger partial charge is 0.233 e. The van der Waals surface area contributed by atoms with Gasteiger partial charge in [-0.3, -0.25) is 0 Å². The van der Waals surface area contributed by atoms with Gasteiger partial charge in [0.15, 0.2) is 116 Å². The number of aryl methyl sites for hydroxylation is 3. The monoisotopic (exact) mass is 1860 g/mol. The molecule has 0 atom stereocenters. The number of hydrogen-bond donors (Lipinski definition) is 0. The summed E-state index contributed by atoms with van der Waals surface area (Å²) >= 11 is 38.1. The number of benzene rings is 10. The van der Waals surface area contributed by atoms with Gasteiger partial charge in [0, 0.05) is 45.5 Å². The number of alkyl halides is 3. The fourth-order valence-electron chi connectivity index (χ4n) is 7.72. The molecule has 0 heterocycles. The highest BCUT2D eigenvalue weighted by Crippen LogP contribution is 2.42. The summed E-state index contributed by atoms with van der Waals surface area (Å²) < 4.78 is 378. The summed E-state index contributed by atoms with van der Waals surface area (Å²) in [5.41, 5.74) is -8.15. The van der Waals surface area contributed by atoms with Crippen molar-refractivity contribution in [2.75, 3.05) is 0 Å². The second kappa shape index (κ2) is 46.6. The van der Waals surface area contributed by atoms with Crippen LogP contribution >= 0.6 is 81.2 Å². The maximum Gasteiger partial charge on any atom is 0.416 e. The summed E-state index contributed by atoms with van der Waals surface area (Å²) in [6.07, 6.45) is -4.47. The standard InChI is InChI=1S/3C8H3Cl2F2N.C8H3ClF3N.2C8H3F4N.C8H6F4.C7H3F5.2C7H6F2/c1-3-4(9)7(12)8(13-2)5(10)6(3)11;1-3-4(9)5(10)8(13-2)7(12)6(3)11;4*1-3-4(9)6(11)8(13-2)7(12)5(3)10;1-5-2-3-6(9)4-7(5)8(10,11)12;1-2-3(8)5(10)7(12)6(11)4(2)9;2*1-5-2-3-6(8)4-7(5)9/h6*1H3;2-4H,1H3;1H3;2*2-4H,1H3. The topological polar surface area (TPSA) is 26.2 Å². The van der Waals surface area contributed by atoms with E-state index in [1.54, 1.807) is 13.8 Å². The van der Waals surface area contributed by atoms with Crippen molar-refractivity contribution in [2.45, 2.75) is 75.4 Å². The Balaban J connectivity index is 0.000000668.